The highest BCUT2D eigenvalue weighted by Gasteiger charge is 2.54. The van der Waals surface area contributed by atoms with Gasteiger partial charge in [-0.2, -0.15) is 0 Å². The highest BCUT2D eigenvalue weighted by Crippen LogP contribution is 2.64. The molecule has 12 rings (SSSR count). The van der Waals surface area contributed by atoms with Crippen molar-refractivity contribution in [2.45, 2.75) is 5.41 Å². The second-order valence-corrected chi connectivity index (χ2v) is 18.7. The fourth-order valence-corrected chi connectivity index (χ4v) is 12.8. The van der Waals surface area contributed by atoms with E-state index in [0.717, 1.165) is 66.1 Å². The third-order valence-electron chi connectivity index (χ3n) is 12.8. The average Bonchev–Trinajstić information content (AvgIpc) is 3.81. The number of aromatic nitrogens is 2. The molecule has 0 N–H and O–H groups in total. The van der Waals surface area contributed by atoms with Crippen LogP contribution in [0, 0.1) is 0 Å². The molecule has 4 heteroatoms. The molecule has 2 aliphatic carbocycles. The number of fused-ring (bicyclic) bond motifs is 11. The lowest BCUT2D eigenvalue weighted by Crippen LogP contribution is -2.27. The fourth-order valence-electron chi connectivity index (χ4n) is 10.1. The van der Waals surface area contributed by atoms with E-state index in [1.165, 1.54) is 33.2 Å². The first-order valence-corrected chi connectivity index (χ1v) is 22.5. The molecular weight excluding hydrogens is 760 g/mol. The van der Waals surface area contributed by atoms with Gasteiger partial charge in [0.25, 0.3) is 0 Å². The predicted octanol–water partition coefficient (Wildman–Crippen LogP) is 12.6. The topological polar surface area (TPSA) is 42.9 Å². The number of hydrogen-bond acceptors (Lipinski definition) is 3. The summed E-state index contributed by atoms with van der Waals surface area (Å²) in [6.07, 6.45) is 0. The molecule has 0 bridgehead atoms. The van der Waals surface area contributed by atoms with Gasteiger partial charge in [0.1, 0.15) is 0 Å². The molecule has 1 spiro atoms. The van der Waals surface area contributed by atoms with Crippen LogP contribution in [0.2, 0.25) is 0 Å². The van der Waals surface area contributed by atoms with Crippen molar-refractivity contribution in [3.63, 3.8) is 0 Å². The van der Waals surface area contributed by atoms with Crippen LogP contribution in [0.1, 0.15) is 22.3 Å². The molecule has 10 aromatic rings. The predicted molar refractivity (Wildman–Crippen MR) is 252 cm³/mol. The highest BCUT2D eigenvalue weighted by molar-refractivity contribution is 7.85. The van der Waals surface area contributed by atoms with Crippen molar-refractivity contribution < 1.29 is 4.57 Å². The van der Waals surface area contributed by atoms with Crippen LogP contribution < -0.4 is 15.9 Å². The lowest BCUT2D eigenvalue weighted by Gasteiger charge is -2.32. The molecule has 1 aromatic heterocycles. The molecule has 286 valence electrons. The lowest BCUT2D eigenvalue weighted by atomic mass is 9.69. The maximum absolute atomic E-state index is 15.3. The Labute approximate surface area is 355 Å². The molecule has 1 atom stereocenters. The number of hydrogen-bond donors (Lipinski definition) is 0. The molecule has 0 amide bonds. The largest absolute Gasteiger partial charge is 0.309 e. The minimum absolute atomic E-state index is 0.703. The van der Waals surface area contributed by atoms with E-state index in [1.54, 1.807) is 0 Å². The molecule has 1 heterocycles. The van der Waals surface area contributed by atoms with Gasteiger partial charge in [0.2, 0.25) is 0 Å². The van der Waals surface area contributed by atoms with Gasteiger partial charge in [-0.25, -0.2) is 9.97 Å². The molecule has 3 nitrogen and oxygen atoms in total. The molecule has 0 radical (unpaired) electrons. The molecule has 9 aromatic carbocycles. The van der Waals surface area contributed by atoms with Crippen molar-refractivity contribution in [3.8, 4) is 56.2 Å². The summed E-state index contributed by atoms with van der Waals surface area (Å²) in [4.78, 5) is 11.1. The van der Waals surface area contributed by atoms with Gasteiger partial charge in [-0.1, -0.05) is 218 Å². The van der Waals surface area contributed by atoms with Crippen LogP contribution in [0.4, 0.5) is 0 Å². The van der Waals surface area contributed by atoms with Gasteiger partial charge in [0, 0.05) is 38.2 Å². The van der Waals surface area contributed by atoms with Crippen LogP contribution in [0.5, 0.6) is 0 Å². The standard InChI is InChI=1S/C57H37N2OP/c60-61(42-21-6-2-7-22-42,43-23-8-3-9-24-43)44-34-31-38(32-35-44)41-33-36-47-46-26-12-14-29-50(46)57(52(47)37-41)51-30-15-13-27-49(51)55-53(57)54(58-56(59-55)40-18-4-1-5-19-40)48-28-16-20-39-17-10-11-25-45(39)48/h1-37H. The molecule has 0 saturated carbocycles. The first kappa shape index (κ1) is 35.5. The van der Waals surface area contributed by atoms with E-state index in [-0.39, 0.29) is 0 Å². The second-order valence-electron chi connectivity index (χ2n) is 15.9. The maximum atomic E-state index is 15.3. The normalized spacial score (nSPS) is 14.7. The van der Waals surface area contributed by atoms with E-state index >= 15 is 4.57 Å². The molecule has 0 aliphatic heterocycles. The van der Waals surface area contributed by atoms with Crippen molar-refractivity contribution >= 4 is 33.8 Å². The highest BCUT2D eigenvalue weighted by atomic mass is 31.2. The summed E-state index contributed by atoms with van der Waals surface area (Å²) in [5.74, 6) is 0.706. The smallest absolute Gasteiger partial charge is 0.171 e. The minimum Gasteiger partial charge on any atom is -0.309 e. The zero-order valence-electron chi connectivity index (χ0n) is 33.1. The average molecular weight is 797 g/mol. The van der Waals surface area contributed by atoms with Gasteiger partial charge in [-0.05, 0) is 55.8 Å². The monoisotopic (exact) mass is 796 g/mol. The summed E-state index contributed by atoms with van der Waals surface area (Å²) in [5, 5.41) is 4.78. The van der Waals surface area contributed by atoms with Crippen LogP contribution in [0.25, 0.3) is 66.9 Å². The summed E-state index contributed by atoms with van der Waals surface area (Å²) in [6, 6.07) is 78.3. The quantitative estimate of drug-likeness (QED) is 0.157. The van der Waals surface area contributed by atoms with E-state index in [9.17, 15) is 0 Å². The fraction of sp³-hybridized carbons (Fsp3) is 0.0175. The summed E-state index contributed by atoms with van der Waals surface area (Å²) in [6.45, 7) is 0. The van der Waals surface area contributed by atoms with Gasteiger partial charge >= 0.3 is 0 Å². The van der Waals surface area contributed by atoms with Crippen LogP contribution in [-0.2, 0) is 9.98 Å². The Morgan fingerprint density at radius 1 is 0.361 bits per heavy atom. The lowest BCUT2D eigenvalue weighted by molar-refractivity contribution is 0.592. The second kappa shape index (κ2) is 13.8. The summed E-state index contributed by atoms with van der Waals surface area (Å²) in [5.41, 5.74) is 13.7. The van der Waals surface area contributed by atoms with Crippen molar-refractivity contribution in [2.24, 2.45) is 0 Å². The van der Waals surface area contributed by atoms with Crippen molar-refractivity contribution in [2.75, 3.05) is 0 Å². The maximum Gasteiger partial charge on any atom is 0.171 e. The minimum atomic E-state index is -3.13. The van der Waals surface area contributed by atoms with E-state index in [4.69, 9.17) is 9.97 Å². The first-order valence-electron chi connectivity index (χ1n) is 20.8. The van der Waals surface area contributed by atoms with Gasteiger partial charge in [0.15, 0.2) is 13.0 Å². The van der Waals surface area contributed by atoms with Gasteiger partial charge in [0.05, 0.1) is 16.8 Å². The van der Waals surface area contributed by atoms with Crippen molar-refractivity contribution in [3.05, 3.63) is 247 Å². The first-order chi connectivity index (χ1) is 30.1. The number of nitrogens with zero attached hydrogens (tertiary/aromatic N) is 2. The van der Waals surface area contributed by atoms with Gasteiger partial charge in [-0.15, -0.1) is 0 Å². The summed E-state index contributed by atoms with van der Waals surface area (Å²) in [7, 11) is -3.13. The van der Waals surface area contributed by atoms with Crippen LogP contribution in [0.3, 0.4) is 0 Å². The third-order valence-corrected chi connectivity index (χ3v) is 15.9. The molecular formula is C57H37N2OP. The van der Waals surface area contributed by atoms with E-state index < -0.39 is 12.6 Å². The Balaban J connectivity index is 1.11. The Morgan fingerprint density at radius 3 is 1.56 bits per heavy atom. The molecule has 2 aliphatic rings. The molecule has 1 unspecified atom stereocenters. The summed E-state index contributed by atoms with van der Waals surface area (Å²) < 4.78 is 15.3. The van der Waals surface area contributed by atoms with Crippen LogP contribution in [-0.4, -0.2) is 9.97 Å². The van der Waals surface area contributed by atoms with Crippen molar-refractivity contribution in [1.29, 1.82) is 0 Å². The van der Waals surface area contributed by atoms with Crippen molar-refractivity contribution in [1.82, 2.24) is 9.97 Å². The number of benzene rings is 9. The van der Waals surface area contributed by atoms with Crippen LogP contribution in [0.15, 0.2) is 224 Å². The van der Waals surface area contributed by atoms with Gasteiger partial charge in [-0.3, -0.25) is 0 Å². The Morgan fingerprint density at radius 2 is 0.852 bits per heavy atom. The SMILES string of the molecule is O=P(c1ccccc1)(c1ccccc1)c1ccc(-c2ccc3c(c2)C2(c4ccccc4-3)c3ccccc3-c3nc(-c4ccccc4)nc(-c4cccc5ccccc45)c32)cc1. The summed E-state index contributed by atoms with van der Waals surface area (Å²) >= 11 is 0. The van der Waals surface area contributed by atoms with E-state index in [1.807, 2.05) is 66.7 Å². The van der Waals surface area contributed by atoms with Crippen LogP contribution >= 0.6 is 7.14 Å². The Kier molecular flexibility index (Phi) is 8.04. The molecule has 0 saturated heterocycles. The van der Waals surface area contributed by atoms with E-state index in [2.05, 4.69) is 158 Å². The molecule has 61 heavy (non-hydrogen) atoms. The number of rotatable bonds is 6. The third kappa shape index (κ3) is 5.21. The zero-order valence-corrected chi connectivity index (χ0v) is 34.0. The Bertz CT molecular complexity index is 3330. The van der Waals surface area contributed by atoms with E-state index in [0.29, 0.717) is 5.82 Å². The molecule has 0 fully saturated rings. The van der Waals surface area contributed by atoms with Gasteiger partial charge < -0.3 is 4.57 Å². The Hall–Kier alpha value is -7.45. The zero-order chi connectivity index (χ0) is 40.5.